The Morgan fingerprint density at radius 3 is 2.32 bits per heavy atom. The molecule has 3 N–H and O–H groups in total. The van der Waals surface area contributed by atoms with E-state index >= 15 is 0 Å². The molecule has 11 heteroatoms. The Morgan fingerprint density at radius 1 is 0.974 bits per heavy atom. The van der Waals surface area contributed by atoms with Gasteiger partial charge in [0.2, 0.25) is 5.88 Å². The first-order valence-electron chi connectivity index (χ1n) is 11.4. The molecule has 0 aliphatic carbocycles. The molecule has 0 radical (unpaired) electrons. The highest BCUT2D eigenvalue weighted by molar-refractivity contribution is 7.90. The lowest BCUT2D eigenvalue weighted by Gasteiger charge is -2.16. The molecule has 2 aromatic heterocycles. The number of hydrogen-bond acceptors (Lipinski definition) is 8. The maximum Gasteiger partial charge on any atom is 0.281 e. The van der Waals surface area contributed by atoms with Gasteiger partial charge in [-0.1, -0.05) is 23.8 Å². The summed E-state index contributed by atoms with van der Waals surface area (Å²) in [5.74, 6) is -1.26. The fourth-order valence-electron chi connectivity index (χ4n) is 3.91. The smallest absolute Gasteiger partial charge is 0.281 e. The third kappa shape index (κ3) is 5.57. The van der Waals surface area contributed by atoms with Crippen LogP contribution in [0, 0.1) is 26.6 Å². The van der Waals surface area contributed by atoms with E-state index in [1.807, 2.05) is 37.6 Å². The monoisotopic (exact) mass is 536 g/mol. The summed E-state index contributed by atoms with van der Waals surface area (Å²) in [6.07, 6.45) is 0. The average Bonchev–Trinajstić information content (AvgIpc) is 2.85. The van der Waals surface area contributed by atoms with Gasteiger partial charge in [-0.3, -0.25) is 4.79 Å². The van der Waals surface area contributed by atoms with Gasteiger partial charge in [0, 0.05) is 5.56 Å². The number of halogens is 1. The van der Waals surface area contributed by atoms with E-state index in [2.05, 4.69) is 9.97 Å². The molecule has 0 saturated carbocycles. The molecule has 2 aromatic carbocycles. The summed E-state index contributed by atoms with van der Waals surface area (Å²) in [6.45, 7) is 5.62. The number of pyridine rings is 2. The standard InChI is InChI=1S/C27H25FN4O5S/c1-15-12-16(2)25(17(3)13-15)37-27-19(26(33)32-38(34,35)24-7-5-6-23(29)31-24)9-10-21(30-27)18-8-11-22(36-4)20(28)14-18/h5-14H,1-4H3,(H2,29,31)(H,32,33). The molecule has 1 amide bonds. The van der Waals surface area contributed by atoms with Gasteiger partial charge in [0.05, 0.1) is 12.8 Å². The number of amides is 1. The van der Waals surface area contributed by atoms with Crippen molar-refractivity contribution in [2.45, 2.75) is 25.8 Å². The Balaban J connectivity index is 1.79. The second kappa shape index (κ2) is 10.5. The molecule has 4 rings (SSSR count). The number of nitrogens with zero attached hydrogens (tertiary/aromatic N) is 2. The van der Waals surface area contributed by atoms with Crippen LogP contribution in [0.5, 0.6) is 17.4 Å². The Bertz CT molecular complexity index is 1630. The zero-order valence-electron chi connectivity index (χ0n) is 21.1. The number of aromatic nitrogens is 2. The number of hydrogen-bond donors (Lipinski definition) is 2. The van der Waals surface area contributed by atoms with E-state index in [-0.39, 0.29) is 23.0 Å². The number of rotatable bonds is 7. The molecule has 196 valence electrons. The van der Waals surface area contributed by atoms with Crippen molar-refractivity contribution in [3.05, 3.63) is 88.7 Å². The number of anilines is 1. The lowest BCUT2D eigenvalue weighted by atomic mass is 10.1. The number of carbonyl (C=O) groups excluding carboxylic acids is 1. The minimum atomic E-state index is -4.35. The van der Waals surface area contributed by atoms with E-state index in [1.165, 1.54) is 49.6 Å². The highest BCUT2D eigenvalue weighted by atomic mass is 32.2. The van der Waals surface area contributed by atoms with Crippen molar-refractivity contribution in [1.82, 2.24) is 14.7 Å². The lowest BCUT2D eigenvalue weighted by Crippen LogP contribution is -2.31. The SMILES string of the molecule is COc1ccc(-c2ccc(C(=O)NS(=O)(=O)c3cccc(N)n3)c(Oc3c(C)cc(C)cc3C)n2)cc1F. The number of nitrogen functional groups attached to an aromatic ring is 1. The van der Waals surface area contributed by atoms with Gasteiger partial charge in [-0.15, -0.1) is 0 Å². The maximum atomic E-state index is 14.4. The molecule has 0 aliphatic heterocycles. The number of ether oxygens (including phenoxy) is 2. The molecular formula is C27H25FN4O5S. The van der Waals surface area contributed by atoms with Gasteiger partial charge in [0.25, 0.3) is 15.9 Å². The van der Waals surface area contributed by atoms with Gasteiger partial charge in [-0.2, -0.15) is 8.42 Å². The van der Waals surface area contributed by atoms with Crippen LogP contribution in [-0.4, -0.2) is 31.4 Å². The van der Waals surface area contributed by atoms with E-state index in [9.17, 15) is 17.6 Å². The quantitative estimate of drug-likeness (QED) is 0.347. The fourth-order valence-corrected chi connectivity index (χ4v) is 4.85. The van der Waals surface area contributed by atoms with Crippen LogP contribution in [0.25, 0.3) is 11.3 Å². The van der Waals surface area contributed by atoms with E-state index in [0.717, 1.165) is 16.7 Å². The number of nitrogens with one attached hydrogen (secondary N) is 1. The molecule has 0 unspecified atom stereocenters. The number of nitrogens with two attached hydrogens (primary N) is 1. The molecule has 0 aliphatic rings. The van der Waals surface area contributed by atoms with Crippen LogP contribution in [0.15, 0.2) is 65.7 Å². The Morgan fingerprint density at radius 2 is 1.68 bits per heavy atom. The topological polar surface area (TPSA) is 134 Å². The summed E-state index contributed by atoms with van der Waals surface area (Å²) in [5, 5.41) is -0.420. The predicted molar refractivity (Wildman–Crippen MR) is 140 cm³/mol. The summed E-state index contributed by atoms with van der Waals surface area (Å²) in [5.41, 5.74) is 8.71. The Labute approximate surface area is 219 Å². The maximum absolute atomic E-state index is 14.4. The van der Waals surface area contributed by atoms with Crippen LogP contribution in [0.2, 0.25) is 0 Å². The molecule has 4 aromatic rings. The number of sulfonamides is 1. The van der Waals surface area contributed by atoms with E-state index < -0.39 is 26.8 Å². The van der Waals surface area contributed by atoms with Crippen molar-refractivity contribution >= 4 is 21.7 Å². The normalized spacial score (nSPS) is 11.2. The second-order valence-corrected chi connectivity index (χ2v) is 10.2. The largest absolute Gasteiger partial charge is 0.494 e. The average molecular weight is 537 g/mol. The van der Waals surface area contributed by atoms with Gasteiger partial charge in [0.15, 0.2) is 16.6 Å². The Hall–Kier alpha value is -4.51. The number of methoxy groups -OCH3 is 1. The molecule has 9 nitrogen and oxygen atoms in total. The number of carbonyl (C=O) groups is 1. The predicted octanol–water partition coefficient (Wildman–Crippen LogP) is 4.71. The first-order valence-corrected chi connectivity index (χ1v) is 12.9. The third-order valence-electron chi connectivity index (χ3n) is 5.60. The zero-order chi connectivity index (χ0) is 27.6. The molecule has 0 spiro atoms. The fraction of sp³-hybridized carbons (Fsp3) is 0.148. The molecular weight excluding hydrogens is 511 g/mol. The Kier molecular flexibility index (Phi) is 7.31. The van der Waals surface area contributed by atoms with Crippen LogP contribution in [0.3, 0.4) is 0 Å². The van der Waals surface area contributed by atoms with Gasteiger partial charge < -0.3 is 15.2 Å². The van der Waals surface area contributed by atoms with Gasteiger partial charge in [0.1, 0.15) is 17.1 Å². The van der Waals surface area contributed by atoms with Crippen molar-refractivity contribution < 1.29 is 27.1 Å². The van der Waals surface area contributed by atoms with Gasteiger partial charge in [-0.05, 0) is 74.4 Å². The minimum absolute atomic E-state index is 0.0209. The second-order valence-electron chi connectivity index (χ2n) is 8.56. The van der Waals surface area contributed by atoms with E-state index in [0.29, 0.717) is 17.0 Å². The first kappa shape index (κ1) is 26.6. The van der Waals surface area contributed by atoms with Crippen LogP contribution < -0.4 is 19.9 Å². The molecule has 0 saturated heterocycles. The summed E-state index contributed by atoms with van der Waals surface area (Å²) in [4.78, 5) is 21.4. The third-order valence-corrected chi connectivity index (χ3v) is 6.84. The van der Waals surface area contributed by atoms with Crippen LogP contribution in [0.1, 0.15) is 27.0 Å². The zero-order valence-corrected chi connectivity index (χ0v) is 21.9. The molecule has 2 heterocycles. The van der Waals surface area contributed by atoms with Crippen molar-refractivity contribution in [2.75, 3.05) is 12.8 Å². The molecule has 0 fully saturated rings. The number of benzene rings is 2. The van der Waals surface area contributed by atoms with Crippen molar-refractivity contribution in [3.8, 4) is 28.6 Å². The number of aryl methyl sites for hydroxylation is 3. The minimum Gasteiger partial charge on any atom is -0.494 e. The highest BCUT2D eigenvalue weighted by Gasteiger charge is 2.25. The molecule has 0 atom stereocenters. The summed E-state index contributed by atoms with van der Waals surface area (Å²) in [7, 11) is -3.00. The van der Waals surface area contributed by atoms with Crippen LogP contribution in [-0.2, 0) is 10.0 Å². The molecule has 38 heavy (non-hydrogen) atoms. The highest BCUT2D eigenvalue weighted by Crippen LogP contribution is 2.33. The summed E-state index contributed by atoms with van der Waals surface area (Å²) in [6, 6.07) is 15.0. The van der Waals surface area contributed by atoms with Gasteiger partial charge in [-0.25, -0.2) is 19.1 Å². The van der Waals surface area contributed by atoms with Gasteiger partial charge >= 0.3 is 0 Å². The first-order chi connectivity index (χ1) is 18.0. The van der Waals surface area contributed by atoms with Crippen molar-refractivity contribution in [3.63, 3.8) is 0 Å². The molecule has 0 bridgehead atoms. The summed E-state index contributed by atoms with van der Waals surface area (Å²) < 4.78 is 53.0. The lowest BCUT2D eigenvalue weighted by molar-refractivity contribution is 0.0978. The van der Waals surface area contributed by atoms with Crippen molar-refractivity contribution in [2.24, 2.45) is 0 Å². The van der Waals surface area contributed by atoms with E-state index in [4.69, 9.17) is 15.2 Å². The summed E-state index contributed by atoms with van der Waals surface area (Å²) >= 11 is 0. The van der Waals surface area contributed by atoms with Crippen molar-refractivity contribution in [1.29, 1.82) is 0 Å². The van der Waals surface area contributed by atoms with Crippen LogP contribution in [0.4, 0.5) is 10.2 Å². The van der Waals surface area contributed by atoms with Crippen LogP contribution >= 0.6 is 0 Å². The van der Waals surface area contributed by atoms with E-state index in [1.54, 1.807) is 6.07 Å².